The Hall–Kier alpha value is -2.20. The fourth-order valence-corrected chi connectivity index (χ4v) is 3.47. The van der Waals surface area contributed by atoms with Crippen LogP contribution in [0.25, 0.3) is 0 Å². The van der Waals surface area contributed by atoms with E-state index in [2.05, 4.69) is 39.0 Å². The first-order chi connectivity index (χ1) is 14.0. The molecule has 0 aromatic rings. The number of carbonyl (C=O) groups excluding carboxylic acids is 2. The lowest BCUT2D eigenvalue weighted by Gasteiger charge is -2.36. The van der Waals surface area contributed by atoms with Gasteiger partial charge in [-0.2, -0.15) is 0 Å². The highest BCUT2D eigenvalue weighted by atomic mass is 16.5. The third kappa shape index (κ3) is 8.27. The summed E-state index contributed by atoms with van der Waals surface area (Å²) >= 11 is 0. The van der Waals surface area contributed by atoms with Gasteiger partial charge in [0.15, 0.2) is 11.9 Å². The van der Waals surface area contributed by atoms with Crippen LogP contribution in [0.4, 0.5) is 0 Å². The van der Waals surface area contributed by atoms with Crippen molar-refractivity contribution in [3.63, 3.8) is 0 Å². The Morgan fingerprint density at radius 2 is 1.87 bits per heavy atom. The van der Waals surface area contributed by atoms with Gasteiger partial charge in [-0.25, -0.2) is 0 Å². The highest BCUT2D eigenvalue weighted by Crippen LogP contribution is 2.40. The van der Waals surface area contributed by atoms with E-state index in [1.165, 1.54) is 5.57 Å². The predicted octanol–water partition coefficient (Wildman–Crippen LogP) is 5.58. The van der Waals surface area contributed by atoms with Gasteiger partial charge < -0.3 is 9.64 Å². The Morgan fingerprint density at radius 3 is 2.47 bits per heavy atom. The summed E-state index contributed by atoms with van der Waals surface area (Å²) in [5, 5.41) is 0. The molecule has 0 spiro atoms. The highest BCUT2D eigenvalue weighted by Gasteiger charge is 2.39. The van der Waals surface area contributed by atoms with Crippen molar-refractivity contribution in [1.29, 1.82) is 0 Å². The Labute approximate surface area is 183 Å². The molecule has 0 amide bonds. The molecule has 0 fully saturated rings. The van der Waals surface area contributed by atoms with Crippen LogP contribution >= 0.6 is 0 Å². The number of ether oxygens (including phenoxy) is 1. The van der Waals surface area contributed by atoms with Crippen LogP contribution in [-0.4, -0.2) is 43.4 Å². The van der Waals surface area contributed by atoms with Gasteiger partial charge >= 0.3 is 5.97 Å². The van der Waals surface area contributed by atoms with Gasteiger partial charge in [-0.3, -0.25) is 9.59 Å². The van der Waals surface area contributed by atoms with Crippen molar-refractivity contribution in [2.75, 3.05) is 20.6 Å². The average molecular weight is 414 g/mol. The minimum atomic E-state index is -0.688. The second-order valence-electron chi connectivity index (χ2n) is 9.01. The second kappa shape index (κ2) is 11.8. The smallest absolute Gasteiger partial charge is 0.306 e. The maximum absolute atomic E-state index is 12.9. The Bertz CT molecular complexity index is 776. The van der Waals surface area contributed by atoms with Gasteiger partial charge in [0.25, 0.3) is 0 Å². The molecule has 0 aliphatic heterocycles. The summed E-state index contributed by atoms with van der Waals surface area (Å²) in [7, 11) is 3.94. The van der Waals surface area contributed by atoms with Gasteiger partial charge in [0.05, 0.1) is 0 Å². The molecule has 1 atom stereocenters. The van der Waals surface area contributed by atoms with Crippen molar-refractivity contribution in [2.45, 2.75) is 66.9 Å². The summed E-state index contributed by atoms with van der Waals surface area (Å²) in [5.41, 5.74) is 3.76. The van der Waals surface area contributed by atoms with Gasteiger partial charge in [-0.15, -0.1) is 0 Å². The molecule has 0 saturated heterocycles. The molecule has 0 aromatic carbocycles. The Morgan fingerprint density at radius 1 is 1.20 bits per heavy atom. The van der Waals surface area contributed by atoms with E-state index in [1.807, 2.05) is 58.0 Å². The molecule has 4 nitrogen and oxygen atoms in total. The van der Waals surface area contributed by atoms with Crippen LogP contribution in [0.3, 0.4) is 0 Å². The normalized spacial score (nSPS) is 20.7. The number of nitrogens with zero attached hydrogens (tertiary/aromatic N) is 1. The van der Waals surface area contributed by atoms with Crippen LogP contribution in [0.15, 0.2) is 58.7 Å². The Kier molecular flexibility index (Phi) is 10.2. The van der Waals surface area contributed by atoms with E-state index in [0.29, 0.717) is 18.4 Å². The molecule has 0 bridgehead atoms. The molecule has 0 heterocycles. The molecule has 0 radical (unpaired) electrons. The molecular weight excluding hydrogens is 374 g/mol. The second-order valence-corrected chi connectivity index (χ2v) is 9.01. The summed E-state index contributed by atoms with van der Waals surface area (Å²) in [6.07, 6.45) is 13.2. The highest BCUT2D eigenvalue weighted by molar-refractivity contribution is 6.01. The maximum Gasteiger partial charge on any atom is 0.306 e. The lowest BCUT2D eigenvalue weighted by molar-refractivity contribution is -0.156. The summed E-state index contributed by atoms with van der Waals surface area (Å²) in [5.74, 6) is -0.375. The average Bonchev–Trinajstić information content (AvgIpc) is 2.64. The third-order valence-electron chi connectivity index (χ3n) is 5.44. The fraction of sp³-hybridized carbons (Fsp3) is 0.538. The van der Waals surface area contributed by atoms with E-state index < -0.39 is 6.10 Å². The lowest BCUT2D eigenvalue weighted by Crippen LogP contribution is -2.39. The fourth-order valence-electron chi connectivity index (χ4n) is 3.47. The van der Waals surface area contributed by atoms with Crippen molar-refractivity contribution in [2.24, 2.45) is 5.41 Å². The zero-order valence-corrected chi connectivity index (χ0v) is 20.0. The van der Waals surface area contributed by atoms with E-state index in [-0.39, 0.29) is 17.2 Å². The van der Waals surface area contributed by atoms with Crippen molar-refractivity contribution >= 4 is 11.8 Å². The Balaban J connectivity index is 2.89. The number of hydrogen-bond donors (Lipinski definition) is 0. The monoisotopic (exact) mass is 413 g/mol. The summed E-state index contributed by atoms with van der Waals surface area (Å²) in [6, 6.07) is 0. The van der Waals surface area contributed by atoms with Gasteiger partial charge in [-0.05, 0) is 71.3 Å². The van der Waals surface area contributed by atoms with E-state index in [0.717, 1.165) is 24.1 Å². The molecule has 166 valence electrons. The number of hydrogen-bond acceptors (Lipinski definition) is 4. The third-order valence-corrected chi connectivity index (χ3v) is 5.44. The standard InChI is InChI=1S/C26H39NO3/c1-9-19(2)12-10-13-20(3)15-16-22-21(4)25(29)23(18-26(22,5)6)30-24(28)14-11-17-27(7)8/h9-10,12-13,15-16,23H,11,14,17-18H2,1-8H3/b12-10+,16-15+,19-9+,20-13+. The first-order valence-electron chi connectivity index (χ1n) is 10.7. The summed E-state index contributed by atoms with van der Waals surface area (Å²) in [4.78, 5) is 27.1. The number of esters is 1. The number of carbonyl (C=O) groups is 2. The van der Waals surface area contributed by atoms with Gasteiger partial charge in [0.1, 0.15) is 0 Å². The van der Waals surface area contributed by atoms with Gasteiger partial charge in [0.2, 0.25) is 0 Å². The molecule has 1 aliphatic rings. The van der Waals surface area contributed by atoms with E-state index in [4.69, 9.17) is 4.74 Å². The van der Waals surface area contributed by atoms with E-state index >= 15 is 0 Å². The number of ketones is 1. The minimum Gasteiger partial charge on any atom is -0.454 e. The van der Waals surface area contributed by atoms with Gasteiger partial charge in [0, 0.05) is 12.8 Å². The SMILES string of the molecule is C/C=C(C)/C=C/C=C(C)/C=C/C1=C(C)C(=O)C(OC(=O)CCCN(C)C)CC1(C)C. The van der Waals surface area contributed by atoms with Crippen LogP contribution in [-0.2, 0) is 14.3 Å². The summed E-state index contributed by atoms with van der Waals surface area (Å²) in [6.45, 7) is 13.0. The van der Waals surface area contributed by atoms with Crippen molar-refractivity contribution in [3.05, 3.63) is 58.7 Å². The molecule has 30 heavy (non-hydrogen) atoms. The molecule has 0 aromatic heterocycles. The van der Waals surface area contributed by atoms with Crippen LogP contribution < -0.4 is 0 Å². The zero-order chi connectivity index (χ0) is 22.9. The quantitative estimate of drug-likeness (QED) is 0.366. The predicted molar refractivity (Wildman–Crippen MR) is 125 cm³/mol. The lowest BCUT2D eigenvalue weighted by atomic mass is 9.71. The first kappa shape index (κ1) is 25.8. The minimum absolute atomic E-state index is 0.0832. The van der Waals surface area contributed by atoms with E-state index in [1.54, 1.807) is 0 Å². The molecular formula is C26H39NO3. The van der Waals surface area contributed by atoms with Crippen LogP contribution in [0.5, 0.6) is 0 Å². The number of rotatable bonds is 9. The first-order valence-corrected chi connectivity index (χ1v) is 10.7. The zero-order valence-electron chi connectivity index (χ0n) is 20.0. The van der Waals surface area contributed by atoms with Crippen molar-refractivity contribution in [3.8, 4) is 0 Å². The molecule has 0 saturated carbocycles. The molecule has 0 N–H and O–H groups in total. The topological polar surface area (TPSA) is 46.6 Å². The van der Waals surface area contributed by atoms with Crippen molar-refractivity contribution < 1.29 is 14.3 Å². The van der Waals surface area contributed by atoms with E-state index in [9.17, 15) is 9.59 Å². The summed E-state index contributed by atoms with van der Waals surface area (Å²) < 4.78 is 5.56. The number of Topliss-reactive ketones (excluding diaryl/α,β-unsaturated/α-hetero) is 1. The molecule has 1 rings (SSSR count). The molecule has 1 aliphatic carbocycles. The molecule has 4 heteroatoms. The van der Waals surface area contributed by atoms with Crippen LogP contribution in [0, 0.1) is 5.41 Å². The number of allylic oxidation sites excluding steroid dienone is 9. The van der Waals surface area contributed by atoms with Gasteiger partial charge in [-0.1, -0.05) is 61.4 Å². The largest absolute Gasteiger partial charge is 0.454 e. The van der Waals surface area contributed by atoms with Crippen LogP contribution in [0.2, 0.25) is 0 Å². The maximum atomic E-state index is 12.9. The van der Waals surface area contributed by atoms with Crippen LogP contribution in [0.1, 0.15) is 60.8 Å². The molecule has 1 unspecified atom stereocenters. The van der Waals surface area contributed by atoms with Crippen molar-refractivity contribution in [1.82, 2.24) is 4.90 Å².